The summed E-state index contributed by atoms with van der Waals surface area (Å²) in [5, 5.41) is 0. The van der Waals surface area contributed by atoms with Gasteiger partial charge in [0.05, 0.1) is 17.7 Å². The van der Waals surface area contributed by atoms with Gasteiger partial charge in [-0.25, -0.2) is 13.1 Å². The monoisotopic (exact) mass is 322 g/mol. The maximum atomic E-state index is 12.3. The summed E-state index contributed by atoms with van der Waals surface area (Å²) in [4.78, 5) is 13.9. The molecular weight excluding hydrogens is 304 g/mol. The quantitative estimate of drug-likeness (QED) is 0.880. The third-order valence-electron chi connectivity index (χ3n) is 3.07. The second kappa shape index (κ2) is 6.76. The zero-order chi connectivity index (χ0) is 16.2. The number of amides is 1. The molecule has 0 aliphatic rings. The van der Waals surface area contributed by atoms with E-state index in [1.807, 2.05) is 0 Å². The minimum absolute atomic E-state index is 0.139. The summed E-state index contributed by atoms with van der Waals surface area (Å²) in [7, 11) is -1.84. The van der Waals surface area contributed by atoms with E-state index in [2.05, 4.69) is 4.72 Å². The topological polar surface area (TPSA) is 79.6 Å². The van der Waals surface area contributed by atoms with Crippen LogP contribution in [0.2, 0.25) is 0 Å². The Kier molecular flexibility index (Phi) is 4.99. The Bertz CT molecular complexity index is 721. The first-order chi connectivity index (χ1) is 10.4. The molecule has 0 fully saturated rings. The lowest BCUT2D eigenvalue weighted by atomic mass is 10.2. The maximum Gasteiger partial charge on any atom is 0.254 e. The molecule has 0 aliphatic carbocycles. The molecule has 0 bridgehead atoms. The zero-order valence-corrected chi connectivity index (χ0v) is 13.3. The Morgan fingerprint density at radius 3 is 2.45 bits per heavy atom. The molecule has 1 aromatic carbocycles. The van der Waals surface area contributed by atoms with Crippen LogP contribution >= 0.6 is 0 Å². The molecule has 2 aromatic rings. The van der Waals surface area contributed by atoms with Crippen LogP contribution in [0, 0.1) is 0 Å². The number of carbonyl (C=O) groups is 1. The molecule has 22 heavy (non-hydrogen) atoms. The highest BCUT2D eigenvalue weighted by Gasteiger charge is 2.16. The molecule has 0 radical (unpaired) electrons. The van der Waals surface area contributed by atoms with E-state index in [0.717, 1.165) is 0 Å². The number of nitrogens with zero attached hydrogens (tertiary/aromatic N) is 1. The van der Waals surface area contributed by atoms with Gasteiger partial charge < -0.3 is 9.32 Å². The van der Waals surface area contributed by atoms with Crippen LogP contribution < -0.4 is 4.72 Å². The summed E-state index contributed by atoms with van der Waals surface area (Å²) in [6.07, 6.45) is 1.55. The number of benzene rings is 1. The summed E-state index contributed by atoms with van der Waals surface area (Å²) in [6.45, 7) is 2.37. The molecule has 0 aliphatic heterocycles. The fourth-order valence-corrected chi connectivity index (χ4v) is 3.02. The third-order valence-corrected chi connectivity index (χ3v) is 4.63. The maximum absolute atomic E-state index is 12.3. The molecule has 2 rings (SSSR count). The average Bonchev–Trinajstić information content (AvgIpc) is 2.99. The Labute approximate surface area is 129 Å². The van der Waals surface area contributed by atoms with Crippen molar-refractivity contribution in [2.75, 3.05) is 13.6 Å². The normalized spacial score (nSPS) is 11.4. The Morgan fingerprint density at radius 2 is 1.91 bits per heavy atom. The van der Waals surface area contributed by atoms with Gasteiger partial charge in [0.15, 0.2) is 0 Å². The van der Waals surface area contributed by atoms with Gasteiger partial charge in [0.1, 0.15) is 5.76 Å². The van der Waals surface area contributed by atoms with Crippen molar-refractivity contribution >= 4 is 15.9 Å². The van der Waals surface area contributed by atoms with Crippen LogP contribution in [0.4, 0.5) is 0 Å². The highest BCUT2D eigenvalue weighted by atomic mass is 32.2. The van der Waals surface area contributed by atoms with E-state index >= 15 is 0 Å². The lowest BCUT2D eigenvalue weighted by Gasteiger charge is -2.16. The molecule has 0 saturated carbocycles. The first-order valence-electron chi connectivity index (χ1n) is 6.81. The molecule has 1 aromatic heterocycles. The van der Waals surface area contributed by atoms with Crippen LogP contribution in [-0.4, -0.2) is 32.8 Å². The summed E-state index contributed by atoms with van der Waals surface area (Å²) < 4.78 is 31.3. The molecular formula is C15H18N2O4S. The second-order valence-electron chi connectivity index (χ2n) is 4.77. The molecule has 7 heteroatoms. The number of furan rings is 1. The van der Waals surface area contributed by atoms with E-state index in [4.69, 9.17) is 4.42 Å². The summed E-state index contributed by atoms with van der Waals surface area (Å²) in [5.41, 5.74) is 0.421. The Hall–Kier alpha value is -2.12. The van der Waals surface area contributed by atoms with Crippen LogP contribution in [0.1, 0.15) is 23.0 Å². The van der Waals surface area contributed by atoms with Crippen molar-refractivity contribution in [1.82, 2.24) is 9.62 Å². The van der Waals surface area contributed by atoms with Gasteiger partial charge in [0.2, 0.25) is 10.0 Å². The molecule has 0 unspecified atom stereocenters. The smallest absolute Gasteiger partial charge is 0.254 e. The fraction of sp³-hybridized carbons (Fsp3) is 0.267. The first kappa shape index (κ1) is 16.3. The number of hydrogen-bond donors (Lipinski definition) is 1. The number of carbonyl (C=O) groups excluding carboxylic acids is 1. The SMILES string of the molecule is CCNS(=O)(=O)c1ccc(C(=O)N(C)Cc2ccco2)cc1. The fourth-order valence-electron chi connectivity index (χ4n) is 1.98. The third kappa shape index (κ3) is 3.75. The predicted octanol–water partition coefficient (Wildman–Crippen LogP) is 1.85. The summed E-state index contributed by atoms with van der Waals surface area (Å²) in [6, 6.07) is 9.40. The first-order valence-corrected chi connectivity index (χ1v) is 8.30. The molecule has 0 saturated heterocycles. The van der Waals surface area contributed by atoms with Crippen LogP contribution in [0.15, 0.2) is 52.0 Å². The van der Waals surface area contributed by atoms with Gasteiger partial charge in [-0.2, -0.15) is 0 Å². The van der Waals surface area contributed by atoms with E-state index in [-0.39, 0.29) is 10.8 Å². The van der Waals surface area contributed by atoms with Crippen LogP contribution in [0.3, 0.4) is 0 Å². The summed E-state index contributed by atoms with van der Waals surface area (Å²) in [5.74, 6) is 0.478. The van der Waals surface area contributed by atoms with Crippen LogP contribution in [0.25, 0.3) is 0 Å². The van der Waals surface area contributed by atoms with Gasteiger partial charge >= 0.3 is 0 Å². The predicted molar refractivity (Wildman–Crippen MR) is 81.8 cm³/mol. The van der Waals surface area contributed by atoms with E-state index in [0.29, 0.717) is 24.4 Å². The van der Waals surface area contributed by atoms with Gasteiger partial charge in [-0.1, -0.05) is 6.92 Å². The van der Waals surface area contributed by atoms with Crippen molar-refractivity contribution in [3.05, 3.63) is 54.0 Å². The lowest BCUT2D eigenvalue weighted by Crippen LogP contribution is -2.26. The van der Waals surface area contributed by atoms with E-state index in [9.17, 15) is 13.2 Å². The van der Waals surface area contributed by atoms with Crippen molar-refractivity contribution in [2.45, 2.75) is 18.4 Å². The highest BCUT2D eigenvalue weighted by Crippen LogP contribution is 2.13. The highest BCUT2D eigenvalue weighted by molar-refractivity contribution is 7.89. The molecule has 0 spiro atoms. The number of sulfonamides is 1. The van der Waals surface area contributed by atoms with E-state index in [1.54, 1.807) is 32.4 Å². The molecule has 6 nitrogen and oxygen atoms in total. The van der Waals surface area contributed by atoms with Crippen LogP contribution in [-0.2, 0) is 16.6 Å². The average molecular weight is 322 g/mol. The van der Waals surface area contributed by atoms with Crippen molar-refractivity contribution in [3.8, 4) is 0 Å². The van der Waals surface area contributed by atoms with Crippen molar-refractivity contribution in [3.63, 3.8) is 0 Å². The number of nitrogens with one attached hydrogen (secondary N) is 1. The van der Waals surface area contributed by atoms with Gasteiger partial charge in [-0.05, 0) is 36.4 Å². The molecule has 118 valence electrons. The van der Waals surface area contributed by atoms with Gasteiger partial charge in [0, 0.05) is 19.2 Å². The van der Waals surface area contributed by atoms with Gasteiger partial charge in [0.25, 0.3) is 5.91 Å². The second-order valence-corrected chi connectivity index (χ2v) is 6.53. The lowest BCUT2D eigenvalue weighted by molar-refractivity contribution is 0.0775. The van der Waals surface area contributed by atoms with E-state index < -0.39 is 10.0 Å². The molecule has 1 heterocycles. The van der Waals surface area contributed by atoms with Crippen molar-refractivity contribution < 1.29 is 17.6 Å². The van der Waals surface area contributed by atoms with Crippen molar-refractivity contribution in [2.24, 2.45) is 0 Å². The van der Waals surface area contributed by atoms with E-state index in [1.165, 1.54) is 29.2 Å². The standard InChI is InChI=1S/C15H18N2O4S/c1-3-16-22(19,20)14-8-6-12(7-9-14)15(18)17(2)11-13-5-4-10-21-13/h4-10,16H,3,11H2,1-2H3. The Balaban J connectivity index is 2.11. The van der Waals surface area contributed by atoms with Crippen molar-refractivity contribution in [1.29, 1.82) is 0 Å². The Morgan fingerprint density at radius 1 is 1.23 bits per heavy atom. The van der Waals surface area contributed by atoms with Gasteiger partial charge in [-0.15, -0.1) is 0 Å². The van der Waals surface area contributed by atoms with Gasteiger partial charge in [-0.3, -0.25) is 4.79 Å². The minimum Gasteiger partial charge on any atom is -0.467 e. The molecule has 1 N–H and O–H groups in total. The minimum atomic E-state index is -3.50. The van der Waals surface area contributed by atoms with Crippen LogP contribution in [0.5, 0.6) is 0 Å². The summed E-state index contributed by atoms with van der Waals surface area (Å²) >= 11 is 0. The molecule has 0 atom stereocenters. The zero-order valence-electron chi connectivity index (χ0n) is 12.4. The number of hydrogen-bond acceptors (Lipinski definition) is 4. The largest absolute Gasteiger partial charge is 0.467 e. The molecule has 1 amide bonds. The number of rotatable bonds is 6.